The zero-order chi connectivity index (χ0) is 58.2. The summed E-state index contributed by atoms with van der Waals surface area (Å²) in [6.07, 6.45) is 4.94. The van der Waals surface area contributed by atoms with Crippen LogP contribution < -0.4 is 33.7 Å². The Kier molecular flexibility index (Phi) is 24.8. The van der Waals surface area contributed by atoms with E-state index in [-0.39, 0.29) is 30.0 Å². The van der Waals surface area contributed by atoms with Gasteiger partial charge in [0.1, 0.15) is 30.7 Å². The van der Waals surface area contributed by atoms with E-state index in [9.17, 15) is 33.9 Å². The summed E-state index contributed by atoms with van der Waals surface area (Å²) >= 11 is 17.0. The van der Waals surface area contributed by atoms with E-state index in [1.165, 1.54) is 53.2 Å². The average molecular weight is 1410 g/mol. The first kappa shape index (κ1) is 64.4. The van der Waals surface area contributed by atoms with Crippen LogP contribution in [-0.2, 0) is 85.1 Å². The van der Waals surface area contributed by atoms with Crippen LogP contribution in [0.25, 0.3) is 22.3 Å². The number of nitrogens with zero attached hydrogens (tertiary/aromatic N) is 11. The van der Waals surface area contributed by atoms with Gasteiger partial charge < -0.3 is 24.1 Å². The summed E-state index contributed by atoms with van der Waals surface area (Å²) in [6.45, 7) is 5.54. The third-order valence-electron chi connectivity index (χ3n) is 12.4. The molecule has 1 aliphatic heterocycles. The number of aliphatic hydroxyl groups excluding tert-OH is 2. The molecule has 0 radical (unpaired) electrons. The quantitative estimate of drug-likeness (QED) is 0.0799. The van der Waals surface area contributed by atoms with Crippen molar-refractivity contribution in [3.8, 4) is 0 Å². The molecule has 0 fully saturated rings. The van der Waals surface area contributed by atoms with Gasteiger partial charge in [0.2, 0.25) is 0 Å². The third-order valence-corrected chi connectivity index (χ3v) is 15.1. The molecule has 25 heteroatoms. The number of aliphatic imine (C=N–C) groups is 1. The van der Waals surface area contributed by atoms with Gasteiger partial charge in [-0.25, -0.2) is 29.3 Å². The summed E-state index contributed by atoms with van der Waals surface area (Å²) in [6, 6.07) is 23.8. The Morgan fingerprint density at radius 1 is 0.557 bits per heavy atom. The van der Waals surface area contributed by atoms with Crippen LogP contribution in [0, 0.1) is 0 Å². The monoisotopic (exact) mass is 1410 g/mol. The molecule has 0 amide bonds. The van der Waals surface area contributed by atoms with E-state index in [2.05, 4.69) is 121 Å². The Balaban J connectivity index is 0.000000199. The number of fused-ring (bicyclic) bond motifs is 3. The number of hydrogen-bond donors (Lipinski definition) is 2. The normalized spacial score (nSPS) is 11.5. The topological polar surface area (TPSA) is 230 Å². The highest BCUT2D eigenvalue weighted by Gasteiger charge is 2.23. The minimum atomic E-state index is -0.445. The second-order valence-corrected chi connectivity index (χ2v) is 22.2. The van der Waals surface area contributed by atoms with Gasteiger partial charge in [0.25, 0.3) is 16.7 Å². The fourth-order valence-corrected chi connectivity index (χ4v) is 10.3. The molecule has 20 nitrogen and oxygen atoms in total. The maximum absolute atomic E-state index is 12.8. The van der Waals surface area contributed by atoms with Crippen molar-refractivity contribution in [2.75, 3.05) is 18.5 Å². The molecule has 9 rings (SSSR count). The number of unbranched alkanes of at least 4 members (excludes halogenated alkanes) is 2. The molecule has 3 aromatic carbocycles. The number of rotatable bonds is 14. The lowest BCUT2D eigenvalue weighted by Crippen LogP contribution is -2.38. The lowest BCUT2D eigenvalue weighted by Gasteiger charge is -2.10. The van der Waals surface area contributed by atoms with Gasteiger partial charge in [-0.05, 0) is 65.9 Å². The van der Waals surface area contributed by atoms with Gasteiger partial charge in [0.05, 0.1) is 17.9 Å². The van der Waals surface area contributed by atoms with Crippen molar-refractivity contribution in [1.29, 1.82) is 0 Å². The van der Waals surface area contributed by atoms with E-state index in [0.717, 1.165) is 61.7 Å². The smallest absolute Gasteiger partial charge is 0.332 e. The first-order chi connectivity index (χ1) is 37.7. The SMILES string of the molecule is BrCc1cccc(Br)c1.CCCCBr.CCCCOCc1nc2c(c(=O)n(C)c(=O)n2C)n1Cc1cccc(Br)c1.Cn1c(=O)c2c(nc(CO)n2Cc2cccc(Br)c2)n(C)c1=O.Cn1c2c(c(=O)n(C)c1=O)CC(CO)=N2. The minimum absolute atomic E-state index is 0.188. The van der Waals surface area contributed by atoms with Crippen molar-refractivity contribution < 1.29 is 14.9 Å². The highest BCUT2D eigenvalue weighted by molar-refractivity contribution is 9.11. The second kappa shape index (κ2) is 30.4. The minimum Gasteiger partial charge on any atom is -0.390 e. The zero-order valence-corrected chi connectivity index (χ0v) is 53.1. The second-order valence-electron chi connectivity index (χ2n) is 18.1. The van der Waals surface area contributed by atoms with E-state index in [0.29, 0.717) is 78.1 Å². The average Bonchev–Trinajstić information content (AvgIpc) is 4.31. The lowest BCUT2D eigenvalue weighted by molar-refractivity contribution is 0.111. The number of aromatic nitrogens is 10. The number of aliphatic hydroxyl groups is 2. The highest BCUT2D eigenvalue weighted by atomic mass is 79.9. The summed E-state index contributed by atoms with van der Waals surface area (Å²) in [4.78, 5) is 85.7. The highest BCUT2D eigenvalue weighted by Crippen LogP contribution is 2.22. The van der Waals surface area contributed by atoms with Crippen LogP contribution in [0.3, 0.4) is 0 Å². The standard InChI is InChI=1S/C19H23BrN4O3.C15H15BrN4O3.C9H11N3O3.C7H6Br2.C4H9Br/c1-4-5-9-27-12-15-21-17-16(18(25)23(3)19(26)22(17)2)24(15)11-13-7-6-8-14(20)10-13;1-18-13-12(14(22)19(2)15(18)23)20(11(8-21)17-13)7-9-4-3-5-10(16)6-9;1-11-7-6(3-5(4-13)10-7)8(14)12(2)9(11)15;8-5-6-2-1-3-7(9)4-6;1-2-3-4-5/h6-8,10H,4-5,9,11-12H2,1-3H3;3-6,21H,7-8H2,1-2H3;13H,3-4H2,1-2H3;1-4H,5H2;2-4H2,1H3. The van der Waals surface area contributed by atoms with Gasteiger partial charge in [0.15, 0.2) is 22.3 Å². The summed E-state index contributed by atoms with van der Waals surface area (Å²) in [5.74, 6) is 1.35. The van der Waals surface area contributed by atoms with Gasteiger partial charge in [-0.3, -0.25) is 41.8 Å². The van der Waals surface area contributed by atoms with Gasteiger partial charge >= 0.3 is 17.1 Å². The predicted molar refractivity (Wildman–Crippen MR) is 328 cm³/mol. The predicted octanol–water partition coefficient (Wildman–Crippen LogP) is 7.53. The Hall–Kier alpha value is -5.41. The molecule has 0 unspecified atom stereocenters. The van der Waals surface area contributed by atoms with Crippen LogP contribution >= 0.6 is 79.6 Å². The Bertz CT molecular complexity index is 3830. The van der Waals surface area contributed by atoms with Crippen molar-refractivity contribution in [3.05, 3.63) is 183 Å². The maximum atomic E-state index is 12.8. The Labute approximate surface area is 497 Å². The molecule has 0 bridgehead atoms. The molecular weight excluding hydrogens is 1350 g/mol. The molecule has 0 spiro atoms. The van der Waals surface area contributed by atoms with Crippen molar-refractivity contribution in [2.24, 2.45) is 47.3 Å². The van der Waals surface area contributed by atoms with Crippen LogP contribution in [0.2, 0.25) is 0 Å². The first-order valence-electron chi connectivity index (χ1n) is 25.0. The number of imidazole rings is 2. The summed E-state index contributed by atoms with van der Waals surface area (Å²) in [5.41, 5.74) is 3.28. The molecule has 79 heavy (non-hydrogen) atoms. The van der Waals surface area contributed by atoms with Crippen LogP contribution in [0.15, 0.2) is 120 Å². The van der Waals surface area contributed by atoms with Crippen LogP contribution in [0.5, 0.6) is 0 Å². The zero-order valence-electron chi connectivity index (χ0n) is 45.2. The van der Waals surface area contributed by atoms with E-state index < -0.39 is 22.6 Å². The van der Waals surface area contributed by atoms with Crippen molar-refractivity contribution >= 4 is 114 Å². The van der Waals surface area contributed by atoms with Crippen LogP contribution in [-0.4, -0.2) is 81.0 Å². The molecular formula is C54H64Br5N11O9. The van der Waals surface area contributed by atoms with Crippen LogP contribution in [0.1, 0.15) is 73.4 Å². The van der Waals surface area contributed by atoms with E-state index in [1.807, 2.05) is 65.2 Å². The van der Waals surface area contributed by atoms with E-state index in [1.54, 1.807) is 25.7 Å². The number of ether oxygens (including phenoxy) is 1. The molecule has 1 aliphatic rings. The summed E-state index contributed by atoms with van der Waals surface area (Å²) in [7, 11) is 9.09. The van der Waals surface area contributed by atoms with Crippen LogP contribution in [0.4, 0.5) is 5.82 Å². The Morgan fingerprint density at radius 3 is 1.42 bits per heavy atom. The molecule has 0 atom stereocenters. The molecule has 0 aliphatic carbocycles. The number of halogens is 5. The molecule has 8 aromatic rings. The number of hydrogen-bond acceptors (Lipinski definition) is 12. The Morgan fingerprint density at radius 2 is 1.00 bits per heavy atom. The van der Waals surface area contributed by atoms with E-state index >= 15 is 0 Å². The summed E-state index contributed by atoms with van der Waals surface area (Å²) < 4.78 is 19.5. The van der Waals surface area contributed by atoms with Gasteiger partial charge in [-0.2, -0.15) is 0 Å². The van der Waals surface area contributed by atoms with Crippen molar-refractivity contribution in [2.45, 2.75) is 77.6 Å². The number of aryl methyl sites for hydroxylation is 2. The lowest BCUT2D eigenvalue weighted by atomic mass is 10.2. The van der Waals surface area contributed by atoms with Gasteiger partial charge in [-0.1, -0.05) is 143 Å². The van der Waals surface area contributed by atoms with Gasteiger partial charge in [-0.15, -0.1) is 0 Å². The molecule has 424 valence electrons. The fraction of sp³-hybridized carbons (Fsp3) is 0.389. The number of alkyl halides is 2. The molecule has 0 saturated carbocycles. The third kappa shape index (κ3) is 16.0. The van der Waals surface area contributed by atoms with Crippen molar-refractivity contribution in [3.63, 3.8) is 0 Å². The largest absolute Gasteiger partial charge is 0.390 e. The maximum Gasteiger partial charge on any atom is 0.332 e. The molecule has 6 heterocycles. The van der Waals surface area contributed by atoms with E-state index in [4.69, 9.17) is 9.84 Å². The fourth-order valence-electron chi connectivity index (χ4n) is 8.04. The first-order valence-corrected chi connectivity index (χ1v) is 29.6. The molecule has 0 saturated heterocycles. The van der Waals surface area contributed by atoms with Crippen molar-refractivity contribution in [1.82, 2.24) is 46.5 Å². The summed E-state index contributed by atoms with van der Waals surface area (Å²) in [5, 5.41) is 20.6. The number of benzene rings is 3. The molecule has 5 aromatic heterocycles. The van der Waals surface area contributed by atoms with Gasteiger partial charge in [0, 0.05) is 92.5 Å². The molecule has 2 N–H and O–H groups in total.